The molecule has 108 valence electrons. The van der Waals surface area contributed by atoms with Gasteiger partial charge in [0.1, 0.15) is 0 Å². The monoisotopic (exact) mass is 265 g/mol. The SMILES string of the molecule is CCCNC(CCO)CN(C)Cc1cccc(C)n1. The molecule has 0 aliphatic carbocycles. The van der Waals surface area contributed by atoms with Crippen molar-refractivity contribution in [3.05, 3.63) is 29.6 Å². The summed E-state index contributed by atoms with van der Waals surface area (Å²) in [6, 6.07) is 6.47. The first-order chi connectivity index (χ1) is 9.15. The predicted molar refractivity (Wildman–Crippen MR) is 79.1 cm³/mol. The van der Waals surface area contributed by atoms with E-state index >= 15 is 0 Å². The highest BCUT2D eigenvalue weighted by atomic mass is 16.3. The quantitative estimate of drug-likeness (QED) is 0.711. The van der Waals surface area contributed by atoms with Gasteiger partial charge in [0, 0.05) is 31.4 Å². The number of aliphatic hydroxyl groups is 1. The highest BCUT2D eigenvalue weighted by Crippen LogP contribution is 2.03. The van der Waals surface area contributed by atoms with Crippen molar-refractivity contribution in [1.82, 2.24) is 15.2 Å². The molecule has 19 heavy (non-hydrogen) atoms. The molecule has 0 spiro atoms. The van der Waals surface area contributed by atoms with Gasteiger partial charge in [0.15, 0.2) is 0 Å². The average Bonchev–Trinajstić information content (AvgIpc) is 2.36. The Morgan fingerprint density at radius 2 is 2.21 bits per heavy atom. The van der Waals surface area contributed by atoms with E-state index in [0.717, 1.165) is 43.9 Å². The van der Waals surface area contributed by atoms with Crippen molar-refractivity contribution in [3.63, 3.8) is 0 Å². The lowest BCUT2D eigenvalue weighted by atomic mass is 10.2. The van der Waals surface area contributed by atoms with Crippen LogP contribution in [0.25, 0.3) is 0 Å². The van der Waals surface area contributed by atoms with Gasteiger partial charge in [0.05, 0.1) is 5.69 Å². The minimum atomic E-state index is 0.234. The fourth-order valence-corrected chi connectivity index (χ4v) is 2.17. The number of aromatic nitrogens is 1. The van der Waals surface area contributed by atoms with Crippen molar-refractivity contribution in [2.24, 2.45) is 0 Å². The van der Waals surface area contributed by atoms with E-state index in [9.17, 15) is 0 Å². The molecule has 0 radical (unpaired) electrons. The van der Waals surface area contributed by atoms with Gasteiger partial charge in [-0.2, -0.15) is 0 Å². The second kappa shape index (κ2) is 9.02. The zero-order valence-corrected chi connectivity index (χ0v) is 12.4. The third-order valence-corrected chi connectivity index (χ3v) is 3.07. The maximum absolute atomic E-state index is 9.10. The van der Waals surface area contributed by atoms with Crippen LogP contribution < -0.4 is 5.32 Å². The average molecular weight is 265 g/mol. The van der Waals surface area contributed by atoms with E-state index in [0.29, 0.717) is 6.04 Å². The third kappa shape index (κ3) is 6.66. The van der Waals surface area contributed by atoms with Gasteiger partial charge in [0.25, 0.3) is 0 Å². The van der Waals surface area contributed by atoms with Gasteiger partial charge in [-0.05, 0) is 45.5 Å². The molecule has 1 rings (SSSR count). The van der Waals surface area contributed by atoms with E-state index in [1.807, 2.05) is 19.1 Å². The summed E-state index contributed by atoms with van der Waals surface area (Å²) in [7, 11) is 2.10. The highest BCUT2D eigenvalue weighted by Gasteiger charge is 2.11. The Hall–Kier alpha value is -0.970. The number of aliphatic hydroxyl groups excluding tert-OH is 1. The molecule has 1 aromatic heterocycles. The Bertz CT molecular complexity index is 357. The number of rotatable bonds is 9. The summed E-state index contributed by atoms with van der Waals surface area (Å²) in [5.74, 6) is 0. The standard InChI is InChI=1S/C15H27N3O/c1-4-9-16-14(8-10-19)11-18(3)12-15-7-5-6-13(2)17-15/h5-7,14,16,19H,4,8-12H2,1-3H3. The van der Waals surface area contributed by atoms with Gasteiger partial charge >= 0.3 is 0 Å². The lowest BCUT2D eigenvalue weighted by molar-refractivity contribution is 0.225. The smallest absolute Gasteiger partial charge is 0.0547 e. The summed E-state index contributed by atoms with van der Waals surface area (Å²) in [4.78, 5) is 6.77. The van der Waals surface area contributed by atoms with Crippen LogP contribution in [0, 0.1) is 6.92 Å². The number of hydrogen-bond donors (Lipinski definition) is 2. The van der Waals surface area contributed by atoms with Gasteiger partial charge in [0.2, 0.25) is 0 Å². The number of nitrogens with one attached hydrogen (secondary N) is 1. The second-order valence-electron chi connectivity index (χ2n) is 5.13. The van der Waals surface area contributed by atoms with E-state index in [1.165, 1.54) is 0 Å². The third-order valence-electron chi connectivity index (χ3n) is 3.07. The molecule has 0 aliphatic heterocycles. The van der Waals surface area contributed by atoms with E-state index in [-0.39, 0.29) is 6.61 Å². The van der Waals surface area contributed by atoms with Crippen molar-refractivity contribution in [3.8, 4) is 0 Å². The Kier molecular flexibility index (Phi) is 7.63. The van der Waals surface area contributed by atoms with Crippen LogP contribution in [0.15, 0.2) is 18.2 Å². The molecule has 4 heteroatoms. The highest BCUT2D eigenvalue weighted by molar-refractivity contribution is 5.09. The van der Waals surface area contributed by atoms with E-state index in [4.69, 9.17) is 5.11 Å². The first kappa shape index (κ1) is 16.1. The van der Waals surface area contributed by atoms with Crippen LogP contribution >= 0.6 is 0 Å². The van der Waals surface area contributed by atoms with E-state index in [2.05, 4.69) is 35.2 Å². The van der Waals surface area contributed by atoms with Crippen molar-refractivity contribution in [2.75, 3.05) is 26.7 Å². The molecular weight excluding hydrogens is 238 g/mol. The minimum Gasteiger partial charge on any atom is -0.396 e. The molecule has 0 aliphatic rings. The van der Waals surface area contributed by atoms with Crippen molar-refractivity contribution in [1.29, 1.82) is 0 Å². The topological polar surface area (TPSA) is 48.4 Å². The maximum atomic E-state index is 9.10. The summed E-state index contributed by atoms with van der Waals surface area (Å²) < 4.78 is 0. The molecular formula is C15H27N3O. The number of likely N-dealkylation sites (N-methyl/N-ethyl adjacent to an activating group) is 1. The molecule has 1 heterocycles. The van der Waals surface area contributed by atoms with E-state index < -0.39 is 0 Å². The normalized spacial score (nSPS) is 12.9. The number of hydrogen-bond acceptors (Lipinski definition) is 4. The molecule has 0 aromatic carbocycles. The Morgan fingerprint density at radius 3 is 2.84 bits per heavy atom. The van der Waals surface area contributed by atoms with Crippen molar-refractivity contribution >= 4 is 0 Å². The van der Waals surface area contributed by atoms with Crippen LogP contribution in [0.2, 0.25) is 0 Å². The van der Waals surface area contributed by atoms with E-state index in [1.54, 1.807) is 0 Å². The van der Waals surface area contributed by atoms with Gasteiger partial charge in [-0.3, -0.25) is 9.88 Å². The number of pyridine rings is 1. The van der Waals surface area contributed by atoms with Crippen LogP contribution in [0.4, 0.5) is 0 Å². The minimum absolute atomic E-state index is 0.234. The molecule has 0 saturated carbocycles. The lowest BCUT2D eigenvalue weighted by Crippen LogP contribution is -2.40. The fraction of sp³-hybridized carbons (Fsp3) is 0.667. The predicted octanol–water partition coefficient (Wildman–Crippen LogP) is 1.57. The maximum Gasteiger partial charge on any atom is 0.0547 e. The molecule has 1 atom stereocenters. The molecule has 0 amide bonds. The molecule has 0 saturated heterocycles. The molecule has 2 N–H and O–H groups in total. The fourth-order valence-electron chi connectivity index (χ4n) is 2.17. The number of nitrogens with zero attached hydrogens (tertiary/aromatic N) is 2. The summed E-state index contributed by atoms with van der Waals surface area (Å²) in [5.41, 5.74) is 2.16. The molecule has 0 fully saturated rings. The molecule has 4 nitrogen and oxygen atoms in total. The summed E-state index contributed by atoms with van der Waals surface area (Å²) in [5, 5.41) is 12.6. The second-order valence-corrected chi connectivity index (χ2v) is 5.13. The van der Waals surface area contributed by atoms with Crippen LogP contribution in [0.1, 0.15) is 31.2 Å². The summed E-state index contributed by atoms with van der Waals surface area (Å²) in [6.07, 6.45) is 1.91. The molecule has 0 bridgehead atoms. The zero-order valence-electron chi connectivity index (χ0n) is 12.4. The van der Waals surface area contributed by atoms with Gasteiger partial charge in [-0.1, -0.05) is 13.0 Å². The van der Waals surface area contributed by atoms with Crippen LogP contribution in [-0.2, 0) is 6.54 Å². The first-order valence-electron chi connectivity index (χ1n) is 7.11. The summed E-state index contributed by atoms with van der Waals surface area (Å²) >= 11 is 0. The van der Waals surface area contributed by atoms with Crippen LogP contribution in [0.3, 0.4) is 0 Å². The van der Waals surface area contributed by atoms with Crippen LogP contribution in [-0.4, -0.2) is 47.8 Å². The van der Waals surface area contributed by atoms with Gasteiger partial charge in [-0.25, -0.2) is 0 Å². The Morgan fingerprint density at radius 1 is 1.42 bits per heavy atom. The van der Waals surface area contributed by atoms with Crippen molar-refractivity contribution < 1.29 is 5.11 Å². The Labute approximate surface area is 116 Å². The zero-order chi connectivity index (χ0) is 14.1. The molecule has 1 unspecified atom stereocenters. The molecule has 1 aromatic rings. The van der Waals surface area contributed by atoms with Crippen molar-refractivity contribution in [2.45, 2.75) is 39.3 Å². The summed E-state index contributed by atoms with van der Waals surface area (Å²) in [6.45, 7) is 7.18. The van der Waals surface area contributed by atoms with Gasteiger partial charge < -0.3 is 10.4 Å². The van der Waals surface area contributed by atoms with Crippen LogP contribution in [0.5, 0.6) is 0 Å². The lowest BCUT2D eigenvalue weighted by Gasteiger charge is -2.24. The first-order valence-corrected chi connectivity index (χ1v) is 7.11. The largest absolute Gasteiger partial charge is 0.396 e. The Balaban J connectivity index is 2.44. The number of aryl methyl sites for hydroxylation is 1. The van der Waals surface area contributed by atoms with Gasteiger partial charge in [-0.15, -0.1) is 0 Å².